The molecule has 0 saturated heterocycles. The first-order valence-electron chi connectivity index (χ1n) is 10.5. The number of nitriles is 2. The third-order valence-corrected chi connectivity index (χ3v) is 6.66. The lowest BCUT2D eigenvalue weighted by Gasteiger charge is -2.30. The Balaban J connectivity index is 1.69. The monoisotopic (exact) mass is 403 g/mol. The van der Waals surface area contributed by atoms with Crippen molar-refractivity contribution in [3.05, 3.63) is 93.7 Å². The fraction of sp³-hybridized carbons (Fsp3) is 0.222. The van der Waals surface area contributed by atoms with Gasteiger partial charge in [0.2, 0.25) is 0 Å². The summed E-state index contributed by atoms with van der Waals surface area (Å²) in [5, 5.41) is 19.0. The summed E-state index contributed by atoms with van der Waals surface area (Å²) >= 11 is 0. The Hall–Kier alpha value is -3.89. The van der Waals surface area contributed by atoms with Crippen molar-refractivity contribution in [1.82, 2.24) is 0 Å². The molecule has 4 heteroatoms. The lowest BCUT2D eigenvalue weighted by Crippen LogP contribution is -2.29. The van der Waals surface area contributed by atoms with Crippen LogP contribution in [0.5, 0.6) is 0 Å². The lowest BCUT2D eigenvalue weighted by molar-refractivity contribution is 0.104. The van der Waals surface area contributed by atoms with E-state index in [9.17, 15) is 15.3 Å². The van der Waals surface area contributed by atoms with Gasteiger partial charge in [0, 0.05) is 40.1 Å². The van der Waals surface area contributed by atoms with Crippen LogP contribution in [0.3, 0.4) is 0 Å². The Kier molecular flexibility index (Phi) is 4.20. The molecule has 1 aliphatic carbocycles. The summed E-state index contributed by atoms with van der Waals surface area (Å²) in [5.74, 6) is -0.141. The summed E-state index contributed by atoms with van der Waals surface area (Å²) in [6, 6.07) is 17.7. The minimum Gasteiger partial charge on any atom is -0.344 e. The van der Waals surface area contributed by atoms with Crippen molar-refractivity contribution in [3.8, 4) is 12.1 Å². The van der Waals surface area contributed by atoms with Crippen molar-refractivity contribution in [2.75, 3.05) is 11.4 Å². The van der Waals surface area contributed by atoms with Gasteiger partial charge in [-0.05, 0) is 41.7 Å². The van der Waals surface area contributed by atoms with Crippen LogP contribution >= 0.6 is 0 Å². The van der Waals surface area contributed by atoms with Crippen molar-refractivity contribution < 1.29 is 4.79 Å². The molecule has 4 nitrogen and oxygen atoms in total. The molecule has 3 aliphatic rings. The van der Waals surface area contributed by atoms with E-state index < -0.39 is 0 Å². The molecule has 2 heterocycles. The Morgan fingerprint density at radius 1 is 1.03 bits per heavy atom. The van der Waals surface area contributed by atoms with Gasteiger partial charge in [0.15, 0.2) is 5.78 Å². The van der Waals surface area contributed by atoms with Crippen LogP contribution in [0.15, 0.2) is 71.5 Å². The first-order valence-corrected chi connectivity index (χ1v) is 10.5. The van der Waals surface area contributed by atoms with Crippen molar-refractivity contribution >= 4 is 17.0 Å². The van der Waals surface area contributed by atoms with Gasteiger partial charge in [0.25, 0.3) is 0 Å². The summed E-state index contributed by atoms with van der Waals surface area (Å²) in [5.41, 5.74) is 6.94. The van der Waals surface area contributed by atoms with E-state index in [-0.39, 0.29) is 16.8 Å². The SMILES string of the molecule is CC1(C)C(=C/C=C2\C(=O)c3ccccc3C2=C(C#N)C#N)N2CCCc3cccc1c32. The zero-order chi connectivity index (χ0) is 21.8. The van der Waals surface area contributed by atoms with Crippen LogP contribution in [0.1, 0.15) is 47.3 Å². The van der Waals surface area contributed by atoms with Crippen molar-refractivity contribution in [2.45, 2.75) is 32.1 Å². The molecule has 0 radical (unpaired) electrons. The maximum absolute atomic E-state index is 13.2. The Bertz CT molecular complexity index is 1310. The van der Waals surface area contributed by atoms with Crippen molar-refractivity contribution in [2.24, 2.45) is 0 Å². The van der Waals surface area contributed by atoms with Crippen LogP contribution in [0.4, 0.5) is 5.69 Å². The summed E-state index contributed by atoms with van der Waals surface area (Å²) in [7, 11) is 0. The second kappa shape index (κ2) is 6.83. The van der Waals surface area contributed by atoms with Crippen LogP contribution < -0.4 is 4.90 Å². The van der Waals surface area contributed by atoms with Gasteiger partial charge in [-0.15, -0.1) is 0 Å². The average molecular weight is 403 g/mol. The Labute approximate surface area is 182 Å². The normalized spacial score (nSPS) is 20.5. The predicted molar refractivity (Wildman–Crippen MR) is 120 cm³/mol. The lowest BCUT2D eigenvalue weighted by atomic mass is 9.83. The number of aryl methyl sites for hydroxylation is 1. The summed E-state index contributed by atoms with van der Waals surface area (Å²) in [6.07, 6.45) is 5.99. The molecule has 31 heavy (non-hydrogen) atoms. The highest BCUT2D eigenvalue weighted by atomic mass is 16.1. The molecule has 2 aliphatic heterocycles. The first kappa shape index (κ1) is 19.1. The number of hydrogen-bond donors (Lipinski definition) is 0. The van der Waals surface area contributed by atoms with Crippen molar-refractivity contribution in [3.63, 3.8) is 0 Å². The van der Waals surface area contributed by atoms with E-state index in [1.165, 1.54) is 16.8 Å². The highest BCUT2D eigenvalue weighted by molar-refractivity contribution is 6.27. The molecule has 0 bridgehead atoms. The van der Waals surface area contributed by atoms with E-state index >= 15 is 0 Å². The molecule has 0 saturated carbocycles. The third-order valence-electron chi connectivity index (χ3n) is 6.66. The number of fused-ring (bicyclic) bond motifs is 1. The minimum atomic E-state index is -0.196. The van der Waals surface area contributed by atoms with E-state index in [2.05, 4.69) is 36.9 Å². The molecule has 0 aromatic heterocycles. The van der Waals surface area contributed by atoms with Gasteiger partial charge in [-0.2, -0.15) is 10.5 Å². The first-order chi connectivity index (χ1) is 15.0. The zero-order valence-corrected chi connectivity index (χ0v) is 17.6. The van der Waals surface area contributed by atoms with Crippen LogP contribution in [0.25, 0.3) is 5.57 Å². The van der Waals surface area contributed by atoms with E-state index in [4.69, 9.17) is 0 Å². The Morgan fingerprint density at radius 3 is 2.52 bits per heavy atom. The van der Waals surface area contributed by atoms with Crippen LogP contribution in [-0.4, -0.2) is 12.3 Å². The van der Waals surface area contributed by atoms with Crippen molar-refractivity contribution in [1.29, 1.82) is 10.5 Å². The van der Waals surface area contributed by atoms with Gasteiger partial charge in [-0.3, -0.25) is 4.79 Å². The molecule has 2 aromatic rings. The summed E-state index contributed by atoms with van der Waals surface area (Å²) < 4.78 is 0. The van der Waals surface area contributed by atoms with Crippen LogP contribution in [-0.2, 0) is 11.8 Å². The third kappa shape index (κ3) is 2.62. The molecular formula is C27H21N3O. The number of carbonyl (C=O) groups excluding carboxylic acids is 1. The fourth-order valence-corrected chi connectivity index (χ4v) is 5.20. The molecule has 0 N–H and O–H groups in total. The highest BCUT2D eigenvalue weighted by Gasteiger charge is 2.42. The number of carbonyl (C=O) groups is 1. The molecule has 0 unspecified atom stereocenters. The van der Waals surface area contributed by atoms with Gasteiger partial charge >= 0.3 is 0 Å². The zero-order valence-electron chi connectivity index (χ0n) is 17.6. The largest absolute Gasteiger partial charge is 0.344 e. The van der Waals surface area contributed by atoms with Gasteiger partial charge in [-0.1, -0.05) is 56.3 Å². The molecule has 0 atom stereocenters. The number of ketones is 1. The van der Waals surface area contributed by atoms with E-state index in [0.717, 1.165) is 25.1 Å². The van der Waals surface area contributed by atoms with Crippen LogP contribution in [0, 0.1) is 22.7 Å². The quantitative estimate of drug-likeness (QED) is 0.482. The van der Waals surface area contributed by atoms with Gasteiger partial charge in [-0.25, -0.2) is 0 Å². The summed E-state index contributed by atoms with van der Waals surface area (Å²) in [6.45, 7) is 5.37. The van der Waals surface area contributed by atoms with Crippen LogP contribution in [0.2, 0.25) is 0 Å². The van der Waals surface area contributed by atoms with E-state index in [0.29, 0.717) is 22.3 Å². The minimum absolute atomic E-state index is 0.0304. The Morgan fingerprint density at radius 2 is 1.77 bits per heavy atom. The summed E-state index contributed by atoms with van der Waals surface area (Å²) in [4.78, 5) is 15.6. The number of Topliss-reactive ketones (excluding diaryl/α,β-unsaturated/α-hetero) is 1. The fourth-order valence-electron chi connectivity index (χ4n) is 5.20. The maximum atomic E-state index is 13.2. The second-order valence-corrected chi connectivity index (χ2v) is 8.67. The number of rotatable bonds is 1. The second-order valence-electron chi connectivity index (χ2n) is 8.67. The smallest absolute Gasteiger partial charge is 0.194 e. The molecule has 150 valence electrons. The van der Waals surface area contributed by atoms with Gasteiger partial charge in [0.1, 0.15) is 17.7 Å². The molecule has 0 amide bonds. The molecule has 0 spiro atoms. The standard InChI is InChI=1S/C27H21N3O/c1-27(2)22-11-5-7-17-8-6-14-30(25(17)22)23(27)13-12-21-24(18(15-28)16-29)19-9-3-4-10-20(19)26(21)31/h3-5,7,9-13H,6,8,14H2,1-2H3/b21-12-,23-13?. The molecular weight excluding hydrogens is 382 g/mol. The van der Waals surface area contributed by atoms with Gasteiger partial charge < -0.3 is 4.90 Å². The number of para-hydroxylation sites is 1. The van der Waals surface area contributed by atoms with E-state index in [1.807, 2.05) is 30.4 Å². The molecule has 5 rings (SSSR count). The molecule has 0 fully saturated rings. The number of benzene rings is 2. The number of nitrogens with zero attached hydrogens (tertiary/aromatic N) is 3. The van der Waals surface area contributed by atoms with E-state index in [1.54, 1.807) is 18.2 Å². The highest BCUT2D eigenvalue weighted by Crippen LogP contribution is 2.51. The molecule has 2 aromatic carbocycles. The number of anilines is 1. The number of hydrogen-bond acceptors (Lipinski definition) is 4. The number of allylic oxidation sites excluding steroid dienone is 6. The average Bonchev–Trinajstić information content (AvgIpc) is 3.18. The topological polar surface area (TPSA) is 67.9 Å². The maximum Gasteiger partial charge on any atom is 0.194 e. The van der Waals surface area contributed by atoms with Gasteiger partial charge in [0.05, 0.1) is 0 Å². The predicted octanol–water partition coefficient (Wildman–Crippen LogP) is 5.24.